The van der Waals surface area contributed by atoms with E-state index in [9.17, 15) is 32.3 Å². The molecule has 2 aromatic carbocycles. The number of rotatable bonds is 4. The third-order valence-electron chi connectivity index (χ3n) is 6.47. The van der Waals surface area contributed by atoms with Crippen LogP contribution in [0.25, 0.3) is 0 Å². The maximum Gasteiger partial charge on any atom is 0.417 e. The predicted molar refractivity (Wildman–Crippen MR) is 125 cm³/mol. The normalized spacial score (nSPS) is 24.4. The van der Waals surface area contributed by atoms with E-state index in [2.05, 4.69) is 5.10 Å². The second-order valence-corrected chi connectivity index (χ2v) is 9.08. The van der Waals surface area contributed by atoms with Crippen LogP contribution in [0.2, 0.25) is 5.02 Å². The molecule has 4 atom stereocenters. The van der Waals surface area contributed by atoms with Crippen LogP contribution < -0.4 is 9.64 Å². The Kier molecular flexibility index (Phi) is 5.90. The summed E-state index contributed by atoms with van der Waals surface area (Å²) in [6.45, 7) is 1.23. The van der Waals surface area contributed by atoms with Crippen LogP contribution in [-0.4, -0.2) is 46.9 Å². The molecule has 0 N–H and O–H groups in total. The molecule has 3 aliphatic heterocycles. The van der Waals surface area contributed by atoms with Crippen molar-refractivity contribution < 1.29 is 37.1 Å². The first-order valence-electron chi connectivity index (χ1n) is 11.1. The second kappa shape index (κ2) is 8.84. The molecule has 190 valence electrons. The van der Waals surface area contributed by atoms with Crippen LogP contribution >= 0.6 is 11.6 Å². The number of hydrazone groups is 1. The van der Waals surface area contributed by atoms with Crippen LogP contribution in [-0.2, 0) is 20.6 Å². The molecular formula is C25H17ClF3N3O5. The van der Waals surface area contributed by atoms with Gasteiger partial charge in [0, 0.05) is 18.7 Å². The number of anilines is 1. The molecule has 2 aromatic rings. The van der Waals surface area contributed by atoms with Gasteiger partial charge in [-0.3, -0.25) is 24.2 Å². The molecule has 0 bridgehead atoms. The zero-order valence-corrected chi connectivity index (χ0v) is 19.7. The Morgan fingerprint density at radius 3 is 2.35 bits per heavy atom. The standard InChI is InChI=1S/C25H17ClF3N3O5/c1-12(33)37-15-7-4-13(5-8-15)22(34)21-20-19(18-3-2-10-30-32(18)21)23(35)31(24(20)36)14-6-9-17(26)16(11-14)25(27,28)29/h2-11,18-21H,1H3. The SMILES string of the molecule is CC(=O)Oc1ccc(C(=O)C2C3C(=O)N(c4ccc(Cl)c(C(F)(F)F)c4)C(=O)C3C3C=CC=NN32)cc1. The number of fused-ring (bicyclic) bond motifs is 3. The minimum atomic E-state index is -4.80. The van der Waals surface area contributed by atoms with Gasteiger partial charge in [-0.05, 0) is 48.5 Å². The summed E-state index contributed by atoms with van der Waals surface area (Å²) in [6.07, 6.45) is -0.185. The van der Waals surface area contributed by atoms with E-state index in [0.29, 0.717) is 11.0 Å². The number of nitrogens with zero attached hydrogens (tertiary/aromatic N) is 3. The summed E-state index contributed by atoms with van der Waals surface area (Å²) in [5, 5.41) is 5.04. The Balaban J connectivity index is 1.53. The quantitative estimate of drug-likeness (QED) is 0.257. The molecule has 3 aliphatic rings. The lowest BCUT2D eigenvalue weighted by atomic mass is 9.86. The fraction of sp³-hybridized carbons (Fsp3) is 0.240. The van der Waals surface area contributed by atoms with Gasteiger partial charge >= 0.3 is 12.1 Å². The summed E-state index contributed by atoms with van der Waals surface area (Å²) in [5.74, 6) is -4.62. The monoisotopic (exact) mass is 531 g/mol. The molecule has 2 saturated heterocycles. The van der Waals surface area contributed by atoms with E-state index in [0.717, 1.165) is 12.1 Å². The molecule has 0 spiro atoms. The number of alkyl halides is 3. The number of amides is 2. The highest BCUT2D eigenvalue weighted by atomic mass is 35.5. The Bertz CT molecular complexity index is 1390. The Morgan fingerprint density at radius 1 is 1.03 bits per heavy atom. The van der Waals surface area contributed by atoms with Gasteiger partial charge in [-0.25, -0.2) is 4.90 Å². The van der Waals surface area contributed by atoms with E-state index in [4.69, 9.17) is 16.3 Å². The first-order chi connectivity index (χ1) is 17.5. The van der Waals surface area contributed by atoms with Gasteiger partial charge in [0.25, 0.3) is 0 Å². The molecule has 2 amide bonds. The Hall–Kier alpha value is -3.99. The van der Waals surface area contributed by atoms with Crippen LogP contribution in [0.3, 0.4) is 0 Å². The summed E-state index contributed by atoms with van der Waals surface area (Å²) >= 11 is 5.71. The minimum absolute atomic E-state index is 0.176. The highest BCUT2D eigenvalue weighted by Gasteiger charge is 2.64. The highest BCUT2D eigenvalue weighted by Crippen LogP contribution is 2.47. The van der Waals surface area contributed by atoms with Crippen molar-refractivity contribution in [3.63, 3.8) is 0 Å². The van der Waals surface area contributed by atoms with Crippen molar-refractivity contribution in [1.82, 2.24) is 5.01 Å². The first-order valence-corrected chi connectivity index (χ1v) is 11.4. The first kappa shape index (κ1) is 24.7. The lowest BCUT2D eigenvalue weighted by Gasteiger charge is -2.30. The number of allylic oxidation sites excluding steroid dienone is 1. The van der Waals surface area contributed by atoms with Gasteiger partial charge in [-0.1, -0.05) is 17.7 Å². The molecule has 3 heterocycles. The van der Waals surface area contributed by atoms with Gasteiger partial charge in [0.2, 0.25) is 11.8 Å². The molecule has 2 fully saturated rings. The number of esters is 1. The second-order valence-electron chi connectivity index (χ2n) is 8.67. The number of ether oxygens (including phenoxy) is 1. The van der Waals surface area contributed by atoms with Gasteiger partial charge in [-0.15, -0.1) is 0 Å². The lowest BCUT2D eigenvalue weighted by Crippen LogP contribution is -2.46. The van der Waals surface area contributed by atoms with Gasteiger partial charge in [0.1, 0.15) is 11.8 Å². The molecule has 0 aromatic heterocycles. The van der Waals surface area contributed by atoms with E-state index in [1.165, 1.54) is 42.4 Å². The Labute approximate surface area is 212 Å². The molecular weight excluding hydrogens is 515 g/mol. The van der Waals surface area contributed by atoms with Crippen LogP contribution in [0.15, 0.2) is 59.7 Å². The predicted octanol–water partition coefficient (Wildman–Crippen LogP) is 3.88. The van der Waals surface area contributed by atoms with E-state index >= 15 is 0 Å². The number of halogens is 4. The van der Waals surface area contributed by atoms with Crippen LogP contribution in [0.5, 0.6) is 5.75 Å². The number of ketones is 1. The van der Waals surface area contributed by atoms with E-state index in [1.807, 2.05) is 0 Å². The van der Waals surface area contributed by atoms with Crippen molar-refractivity contribution in [2.75, 3.05) is 4.90 Å². The van der Waals surface area contributed by atoms with Crippen molar-refractivity contribution in [2.24, 2.45) is 16.9 Å². The van der Waals surface area contributed by atoms with Gasteiger partial charge < -0.3 is 4.74 Å². The van der Waals surface area contributed by atoms with Crippen molar-refractivity contribution in [3.05, 3.63) is 70.8 Å². The van der Waals surface area contributed by atoms with E-state index in [1.54, 1.807) is 12.2 Å². The third-order valence-corrected chi connectivity index (χ3v) is 6.80. The van der Waals surface area contributed by atoms with Crippen molar-refractivity contribution in [2.45, 2.75) is 25.2 Å². The molecule has 4 unspecified atom stereocenters. The molecule has 5 rings (SSSR count). The number of hydrogen-bond acceptors (Lipinski definition) is 7. The number of Topliss-reactive ketones (excluding diaryl/α,β-unsaturated/α-hetero) is 1. The zero-order chi connectivity index (χ0) is 26.6. The lowest BCUT2D eigenvalue weighted by molar-refractivity contribution is -0.137. The average molecular weight is 532 g/mol. The zero-order valence-electron chi connectivity index (χ0n) is 19.0. The summed E-state index contributed by atoms with van der Waals surface area (Å²) in [7, 11) is 0. The number of imide groups is 1. The molecule has 0 radical (unpaired) electrons. The van der Waals surface area contributed by atoms with Crippen molar-refractivity contribution >= 4 is 47.1 Å². The van der Waals surface area contributed by atoms with Crippen molar-refractivity contribution in [1.29, 1.82) is 0 Å². The molecule has 12 heteroatoms. The smallest absolute Gasteiger partial charge is 0.417 e. The summed E-state index contributed by atoms with van der Waals surface area (Å²) < 4.78 is 45.3. The maximum atomic E-state index is 13.6. The van der Waals surface area contributed by atoms with Crippen LogP contribution in [0.4, 0.5) is 18.9 Å². The topological polar surface area (TPSA) is 96.3 Å². The minimum Gasteiger partial charge on any atom is -0.427 e. The third kappa shape index (κ3) is 4.08. The summed E-state index contributed by atoms with van der Waals surface area (Å²) in [5.41, 5.74) is -1.30. The number of carbonyl (C=O) groups is 4. The van der Waals surface area contributed by atoms with Crippen molar-refractivity contribution in [3.8, 4) is 5.75 Å². The maximum absolute atomic E-state index is 13.6. The fourth-order valence-corrected chi connectivity index (χ4v) is 5.21. The van der Waals surface area contributed by atoms with E-state index in [-0.39, 0.29) is 17.0 Å². The molecule has 0 saturated carbocycles. The Morgan fingerprint density at radius 2 is 1.70 bits per heavy atom. The highest BCUT2D eigenvalue weighted by molar-refractivity contribution is 6.32. The molecule has 8 nitrogen and oxygen atoms in total. The van der Waals surface area contributed by atoms with Gasteiger partial charge in [0.05, 0.1) is 34.2 Å². The molecule has 37 heavy (non-hydrogen) atoms. The number of hydrogen-bond donors (Lipinski definition) is 0. The van der Waals surface area contributed by atoms with E-state index < -0.39 is 64.2 Å². The average Bonchev–Trinajstić information content (AvgIpc) is 3.31. The molecule has 0 aliphatic carbocycles. The van der Waals surface area contributed by atoms with Crippen LogP contribution in [0.1, 0.15) is 22.8 Å². The van der Waals surface area contributed by atoms with Crippen LogP contribution in [0, 0.1) is 11.8 Å². The number of carbonyl (C=O) groups excluding carboxylic acids is 4. The summed E-state index contributed by atoms with van der Waals surface area (Å²) in [4.78, 5) is 52.5. The summed E-state index contributed by atoms with van der Waals surface area (Å²) in [6, 6.07) is 6.50. The number of benzene rings is 2. The van der Waals surface area contributed by atoms with Gasteiger partial charge in [0.15, 0.2) is 5.78 Å². The fourth-order valence-electron chi connectivity index (χ4n) is 4.99. The van der Waals surface area contributed by atoms with Gasteiger partial charge in [-0.2, -0.15) is 18.3 Å². The largest absolute Gasteiger partial charge is 0.427 e.